The molecule has 0 radical (unpaired) electrons. The van der Waals surface area contributed by atoms with Crippen molar-refractivity contribution in [2.24, 2.45) is 5.73 Å². The van der Waals surface area contributed by atoms with Crippen LogP contribution in [0.3, 0.4) is 0 Å². The molecule has 4 heteroatoms. The number of nitrogens with zero attached hydrogens (tertiary/aromatic N) is 1. The summed E-state index contributed by atoms with van der Waals surface area (Å²) in [5, 5.41) is 8.77. The van der Waals surface area contributed by atoms with Gasteiger partial charge in [0.2, 0.25) is 0 Å². The number of nitrogens with two attached hydrogens (primary N) is 1. The van der Waals surface area contributed by atoms with Crippen molar-refractivity contribution in [2.75, 3.05) is 7.11 Å². The summed E-state index contributed by atoms with van der Waals surface area (Å²) in [7, 11) is 1.51. The first-order valence-corrected chi connectivity index (χ1v) is 3.63. The fourth-order valence-corrected chi connectivity index (χ4v) is 0.865. The lowest BCUT2D eigenvalue weighted by Crippen LogP contribution is -2.14. The van der Waals surface area contributed by atoms with Gasteiger partial charge in [-0.15, -0.1) is 0 Å². The van der Waals surface area contributed by atoms with Gasteiger partial charge in [0.1, 0.15) is 6.23 Å². The Kier molecular flexibility index (Phi) is 3.16. The monoisotopic (exact) mass is 168 g/mol. The minimum Gasteiger partial charge on any atom is -0.390 e. The molecule has 0 aliphatic heterocycles. The standard InChI is InChI=1S/C8H12N2O2/c1-12-8(9)7-4-2-3-6(5-11)10-7/h2-4,8,11H,5,9H2,1H3/t8-/m1/s1. The molecule has 1 aromatic rings. The van der Waals surface area contributed by atoms with Crippen molar-refractivity contribution in [2.45, 2.75) is 12.8 Å². The third-order valence-electron chi connectivity index (χ3n) is 1.54. The highest BCUT2D eigenvalue weighted by atomic mass is 16.5. The summed E-state index contributed by atoms with van der Waals surface area (Å²) in [5.41, 5.74) is 6.78. The highest BCUT2D eigenvalue weighted by Gasteiger charge is 2.05. The highest BCUT2D eigenvalue weighted by Crippen LogP contribution is 2.07. The zero-order valence-corrected chi connectivity index (χ0v) is 6.90. The van der Waals surface area contributed by atoms with Gasteiger partial charge in [-0.3, -0.25) is 4.98 Å². The van der Waals surface area contributed by atoms with E-state index < -0.39 is 6.23 Å². The second-order valence-electron chi connectivity index (χ2n) is 2.37. The van der Waals surface area contributed by atoms with Crippen LogP contribution in [0.2, 0.25) is 0 Å². The Morgan fingerprint density at radius 1 is 1.67 bits per heavy atom. The fraction of sp³-hybridized carbons (Fsp3) is 0.375. The topological polar surface area (TPSA) is 68.4 Å². The molecule has 66 valence electrons. The van der Waals surface area contributed by atoms with Gasteiger partial charge in [-0.05, 0) is 12.1 Å². The van der Waals surface area contributed by atoms with Gasteiger partial charge in [0.05, 0.1) is 18.0 Å². The molecule has 4 nitrogen and oxygen atoms in total. The van der Waals surface area contributed by atoms with E-state index in [4.69, 9.17) is 15.6 Å². The first-order chi connectivity index (χ1) is 5.77. The molecule has 0 bridgehead atoms. The zero-order valence-electron chi connectivity index (χ0n) is 6.90. The van der Waals surface area contributed by atoms with Crippen LogP contribution in [-0.2, 0) is 11.3 Å². The van der Waals surface area contributed by atoms with Crippen LogP contribution in [-0.4, -0.2) is 17.2 Å². The quantitative estimate of drug-likeness (QED) is 0.631. The number of hydrogen-bond donors (Lipinski definition) is 2. The molecule has 0 unspecified atom stereocenters. The Hall–Kier alpha value is -0.970. The summed E-state index contributed by atoms with van der Waals surface area (Å²) in [6, 6.07) is 5.27. The van der Waals surface area contributed by atoms with E-state index in [1.807, 2.05) is 0 Å². The molecule has 0 aromatic carbocycles. The van der Waals surface area contributed by atoms with Gasteiger partial charge in [0.15, 0.2) is 0 Å². The van der Waals surface area contributed by atoms with Crippen molar-refractivity contribution in [3.05, 3.63) is 29.6 Å². The van der Waals surface area contributed by atoms with Crippen molar-refractivity contribution in [1.29, 1.82) is 0 Å². The molecule has 0 aliphatic carbocycles. The van der Waals surface area contributed by atoms with Crippen LogP contribution in [0.4, 0.5) is 0 Å². The van der Waals surface area contributed by atoms with Crippen LogP contribution in [0.5, 0.6) is 0 Å². The van der Waals surface area contributed by atoms with Crippen molar-refractivity contribution in [3.63, 3.8) is 0 Å². The molecule has 3 N–H and O–H groups in total. The van der Waals surface area contributed by atoms with Gasteiger partial charge in [0.25, 0.3) is 0 Å². The Labute approximate surface area is 71.0 Å². The van der Waals surface area contributed by atoms with Crippen LogP contribution in [0.15, 0.2) is 18.2 Å². The lowest BCUT2D eigenvalue weighted by atomic mass is 10.3. The molecular formula is C8H12N2O2. The molecule has 1 heterocycles. The average molecular weight is 168 g/mol. The number of pyridine rings is 1. The molecule has 0 spiro atoms. The summed E-state index contributed by atoms with van der Waals surface area (Å²) in [5.74, 6) is 0. The normalized spacial score (nSPS) is 12.9. The predicted molar refractivity (Wildman–Crippen MR) is 44.1 cm³/mol. The average Bonchev–Trinajstić information content (AvgIpc) is 2.17. The number of aromatic nitrogens is 1. The van der Waals surface area contributed by atoms with E-state index >= 15 is 0 Å². The molecule has 0 saturated carbocycles. The molecule has 1 atom stereocenters. The molecule has 12 heavy (non-hydrogen) atoms. The Morgan fingerprint density at radius 2 is 2.42 bits per heavy atom. The van der Waals surface area contributed by atoms with Crippen molar-refractivity contribution < 1.29 is 9.84 Å². The van der Waals surface area contributed by atoms with E-state index in [-0.39, 0.29) is 6.61 Å². The SMILES string of the molecule is CO[C@@H](N)c1cccc(CO)n1. The molecule has 0 aliphatic rings. The maximum Gasteiger partial charge on any atom is 0.148 e. The Balaban J connectivity index is 2.86. The second kappa shape index (κ2) is 4.15. The van der Waals surface area contributed by atoms with Gasteiger partial charge in [-0.25, -0.2) is 0 Å². The lowest BCUT2D eigenvalue weighted by molar-refractivity contribution is 0.105. The number of hydrogen-bond acceptors (Lipinski definition) is 4. The van der Waals surface area contributed by atoms with Crippen LogP contribution in [0.25, 0.3) is 0 Å². The number of aliphatic hydroxyl groups is 1. The number of methoxy groups -OCH3 is 1. The maximum absolute atomic E-state index is 8.77. The second-order valence-corrected chi connectivity index (χ2v) is 2.37. The minimum atomic E-state index is -0.517. The van der Waals surface area contributed by atoms with E-state index in [0.29, 0.717) is 11.4 Å². The molecular weight excluding hydrogens is 156 g/mol. The van der Waals surface area contributed by atoms with Crippen LogP contribution >= 0.6 is 0 Å². The van der Waals surface area contributed by atoms with Gasteiger partial charge >= 0.3 is 0 Å². The largest absolute Gasteiger partial charge is 0.390 e. The summed E-state index contributed by atoms with van der Waals surface area (Å²) in [6.07, 6.45) is -0.517. The molecule has 1 rings (SSSR count). The Bertz CT molecular complexity index is 253. The van der Waals surface area contributed by atoms with Gasteiger partial charge in [-0.1, -0.05) is 6.07 Å². The van der Waals surface area contributed by atoms with Gasteiger partial charge in [-0.2, -0.15) is 0 Å². The number of ether oxygens (including phenoxy) is 1. The highest BCUT2D eigenvalue weighted by molar-refractivity contribution is 5.12. The Morgan fingerprint density at radius 3 is 3.00 bits per heavy atom. The van der Waals surface area contributed by atoms with Gasteiger partial charge in [0, 0.05) is 7.11 Å². The first kappa shape index (κ1) is 9.12. The first-order valence-electron chi connectivity index (χ1n) is 3.63. The lowest BCUT2D eigenvalue weighted by Gasteiger charge is -2.08. The smallest absolute Gasteiger partial charge is 0.148 e. The van der Waals surface area contributed by atoms with Crippen LogP contribution in [0.1, 0.15) is 17.6 Å². The third-order valence-corrected chi connectivity index (χ3v) is 1.54. The van der Waals surface area contributed by atoms with Gasteiger partial charge < -0.3 is 15.6 Å². The minimum absolute atomic E-state index is 0.0791. The summed E-state index contributed by atoms with van der Waals surface area (Å²) in [6.45, 7) is -0.0791. The summed E-state index contributed by atoms with van der Waals surface area (Å²) >= 11 is 0. The van der Waals surface area contributed by atoms with Crippen molar-refractivity contribution in [1.82, 2.24) is 4.98 Å². The summed E-state index contributed by atoms with van der Waals surface area (Å²) in [4.78, 5) is 4.06. The number of rotatable bonds is 3. The van der Waals surface area contributed by atoms with Crippen molar-refractivity contribution in [3.8, 4) is 0 Å². The van der Waals surface area contributed by atoms with Crippen LogP contribution < -0.4 is 5.73 Å². The van der Waals surface area contributed by atoms with E-state index in [1.54, 1.807) is 18.2 Å². The molecule has 1 aromatic heterocycles. The molecule has 0 saturated heterocycles. The van der Waals surface area contributed by atoms with E-state index in [2.05, 4.69) is 4.98 Å². The fourth-order valence-electron chi connectivity index (χ4n) is 0.865. The predicted octanol–water partition coefficient (Wildman–Crippen LogP) is 0.178. The zero-order chi connectivity index (χ0) is 8.97. The van der Waals surface area contributed by atoms with E-state index in [0.717, 1.165) is 0 Å². The maximum atomic E-state index is 8.77. The summed E-state index contributed by atoms with van der Waals surface area (Å²) < 4.78 is 4.87. The number of aliphatic hydroxyl groups excluding tert-OH is 1. The molecule has 0 amide bonds. The molecule has 0 fully saturated rings. The third kappa shape index (κ3) is 2.01. The van der Waals surface area contributed by atoms with E-state index in [1.165, 1.54) is 7.11 Å². The van der Waals surface area contributed by atoms with Crippen LogP contribution in [0, 0.1) is 0 Å². The van der Waals surface area contributed by atoms with E-state index in [9.17, 15) is 0 Å². The van der Waals surface area contributed by atoms with Crippen molar-refractivity contribution >= 4 is 0 Å².